The van der Waals surface area contributed by atoms with E-state index in [1.54, 1.807) is 12.1 Å². The third-order valence-corrected chi connectivity index (χ3v) is 3.57. The first-order valence-electron chi connectivity index (χ1n) is 7.20. The molecule has 1 aliphatic rings. The highest BCUT2D eigenvalue weighted by atomic mass is 19.4. The summed E-state index contributed by atoms with van der Waals surface area (Å²) >= 11 is 0. The predicted octanol–water partition coefficient (Wildman–Crippen LogP) is 2.18. The summed E-state index contributed by atoms with van der Waals surface area (Å²) in [6, 6.07) is 5.29. The largest absolute Gasteiger partial charge is 0.471 e. The minimum absolute atomic E-state index is 0.114. The van der Waals surface area contributed by atoms with E-state index in [-0.39, 0.29) is 17.6 Å². The number of carbonyl (C=O) groups excluding carboxylic acids is 1. The molecule has 0 saturated carbocycles. The summed E-state index contributed by atoms with van der Waals surface area (Å²) in [5.74, 6) is -0.00512. The van der Waals surface area contributed by atoms with Gasteiger partial charge >= 0.3 is 6.18 Å². The highest BCUT2D eigenvalue weighted by Gasteiger charge is 2.33. The SMILES string of the molecule is O=C(c1ccc(C(F)(F)F)nc1)N1CCC(Oc2cccnn2)C1. The van der Waals surface area contributed by atoms with Crippen LogP contribution in [0.1, 0.15) is 22.5 Å². The number of amides is 1. The molecule has 0 aliphatic carbocycles. The zero-order chi connectivity index (χ0) is 17.2. The molecule has 2 aromatic rings. The van der Waals surface area contributed by atoms with Gasteiger partial charge in [-0.2, -0.15) is 18.3 Å². The van der Waals surface area contributed by atoms with Crippen LogP contribution in [0.4, 0.5) is 13.2 Å². The Morgan fingerprint density at radius 1 is 1.29 bits per heavy atom. The van der Waals surface area contributed by atoms with E-state index in [2.05, 4.69) is 15.2 Å². The van der Waals surface area contributed by atoms with E-state index in [4.69, 9.17) is 4.74 Å². The number of carbonyl (C=O) groups is 1. The molecule has 0 aromatic carbocycles. The molecule has 1 aliphatic heterocycles. The van der Waals surface area contributed by atoms with Crippen LogP contribution in [0.15, 0.2) is 36.7 Å². The van der Waals surface area contributed by atoms with Gasteiger partial charge in [0, 0.05) is 31.4 Å². The van der Waals surface area contributed by atoms with Crippen molar-refractivity contribution in [2.24, 2.45) is 0 Å². The molecule has 1 saturated heterocycles. The summed E-state index contributed by atoms with van der Waals surface area (Å²) < 4.78 is 43.1. The molecule has 0 N–H and O–H groups in total. The lowest BCUT2D eigenvalue weighted by Gasteiger charge is -2.17. The van der Waals surface area contributed by atoms with Crippen LogP contribution in [-0.4, -0.2) is 45.2 Å². The van der Waals surface area contributed by atoms with Crippen LogP contribution < -0.4 is 4.74 Å². The van der Waals surface area contributed by atoms with Gasteiger partial charge in [0.05, 0.1) is 12.1 Å². The van der Waals surface area contributed by atoms with Crippen molar-refractivity contribution in [2.75, 3.05) is 13.1 Å². The number of nitrogens with zero attached hydrogens (tertiary/aromatic N) is 4. The summed E-state index contributed by atoms with van der Waals surface area (Å²) in [7, 11) is 0. The van der Waals surface area contributed by atoms with E-state index >= 15 is 0 Å². The molecular weight excluding hydrogens is 325 g/mol. The minimum atomic E-state index is -4.52. The average molecular weight is 338 g/mol. The lowest BCUT2D eigenvalue weighted by Crippen LogP contribution is -2.31. The molecule has 3 rings (SSSR count). The molecule has 0 spiro atoms. The predicted molar refractivity (Wildman–Crippen MR) is 76.2 cm³/mol. The molecule has 24 heavy (non-hydrogen) atoms. The second kappa shape index (κ2) is 6.42. The number of hydrogen-bond donors (Lipinski definition) is 0. The number of alkyl halides is 3. The Labute approximate surface area is 135 Å². The first-order chi connectivity index (χ1) is 11.4. The first kappa shape index (κ1) is 16.2. The molecule has 0 radical (unpaired) electrons. The Morgan fingerprint density at radius 2 is 2.12 bits per heavy atom. The van der Waals surface area contributed by atoms with E-state index in [0.717, 1.165) is 18.3 Å². The third kappa shape index (κ3) is 3.61. The zero-order valence-corrected chi connectivity index (χ0v) is 12.4. The molecule has 1 fully saturated rings. The number of hydrogen-bond acceptors (Lipinski definition) is 5. The van der Waals surface area contributed by atoms with Crippen molar-refractivity contribution in [3.05, 3.63) is 47.9 Å². The zero-order valence-electron chi connectivity index (χ0n) is 12.4. The van der Waals surface area contributed by atoms with Crippen LogP contribution in [-0.2, 0) is 6.18 Å². The van der Waals surface area contributed by atoms with Crippen molar-refractivity contribution < 1.29 is 22.7 Å². The summed E-state index contributed by atoms with van der Waals surface area (Å²) in [6.45, 7) is 0.779. The van der Waals surface area contributed by atoms with Crippen molar-refractivity contribution in [2.45, 2.75) is 18.7 Å². The van der Waals surface area contributed by atoms with Crippen molar-refractivity contribution in [1.29, 1.82) is 0 Å². The number of ether oxygens (including phenoxy) is 1. The summed E-state index contributed by atoms with van der Waals surface area (Å²) in [5, 5.41) is 7.51. The fourth-order valence-electron chi connectivity index (χ4n) is 2.40. The van der Waals surface area contributed by atoms with E-state index in [1.165, 1.54) is 11.1 Å². The Morgan fingerprint density at radius 3 is 2.75 bits per heavy atom. The molecule has 1 amide bonds. The fraction of sp³-hybridized carbons (Fsp3) is 0.333. The van der Waals surface area contributed by atoms with Gasteiger partial charge in [-0.25, -0.2) is 0 Å². The van der Waals surface area contributed by atoms with Gasteiger partial charge in [0.15, 0.2) is 0 Å². The van der Waals surface area contributed by atoms with Crippen molar-refractivity contribution in [3.63, 3.8) is 0 Å². The van der Waals surface area contributed by atoms with Crippen LogP contribution in [0, 0.1) is 0 Å². The number of halogens is 3. The third-order valence-electron chi connectivity index (χ3n) is 3.57. The van der Waals surface area contributed by atoms with Gasteiger partial charge in [0.2, 0.25) is 5.88 Å². The summed E-state index contributed by atoms with van der Waals surface area (Å²) in [5.41, 5.74) is -0.910. The maximum Gasteiger partial charge on any atom is 0.433 e. The summed E-state index contributed by atoms with van der Waals surface area (Å²) in [6.07, 6.45) is -1.67. The topological polar surface area (TPSA) is 68.2 Å². The molecule has 9 heteroatoms. The smallest absolute Gasteiger partial charge is 0.433 e. The van der Waals surface area contributed by atoms with Crippen molar-refractivity contribution in [1.82, 2.24) is 20.1 Å². The van der Waals surface area contributed by atoms with Gasteiger partial charge in [-0.05, 0) is 18.2 Å². The summed E-state index contributed by atoms with van der Waals surface area (Å²) in [4.78, 5) is 17.2. The van der Waals surface area contributed by atoms with Crippen LogP contribution in [0.25, 0.3) is 0 Å². The average Bonchev–Trinajstić information content (AvgIpc) is 3.03. The molecule has 0 bridgehead atoms. The van der Waals surface area contributed by atoms with Crippen LogP contribution in [0.2, 0.25) is 0 Å². The lowest BCUT2D eigenvalue weighted by molar-refractivity contribution is -0.141. The second-order valence-electron chi connectivity index (χ2n) is 5.27. The van der Waals surface area contributed by atoms with Gasteiger partial charge in [-0.1, -0.05) is 0 Å². The highest BCUT2D eigenvalue weighted by Crippen LogP contribution is 2.27. The molecular formula is C15H13F3N4O2. The van der Waals surface area contributed by atoms with E-state index in [0.29, 0.717) is 25.4 Å². The highest BCUT2D eigenvalue weighted by molar-refractivity contribution is 5.94. The number of aromatic nitrogens is 3. The molecule has 126 valence electrons. The molecule has 1 atom stereocenters. The van der Waals surface area contributed by atoms with Gasteiger partial charge in [0.25, 0.3) is 5.91 Å². The second-order valence-corrected chi connectivity index (χ2v) is 5.27. The number of pyridine rings is 1. The van der Waals surface area contributed by atoms with Crippen LogP contribution >= 0.6 is 0 Å². The minimum Gasteiger partial charge on any atom is -0.471 e. The normalized spacial score (nSPS) is 17.8. The molecule has 2 aromatic heterocycles. The lowest BCUT2D eigenvalue weighted by atomic mass is 10.2. The molecule has 6 nitrogen and oxygen atoms in total. The molecule has 1 unspecified atom stereocenters. The molecule has 3 heterocycles. The monoisotopic (exact) mass is 338 g/mol. The number of likely N-dealkylation sites (tertiary alicyclic amines) is 1. The van der Waals surface area contributed by atoms with Gasteiger partial charge in [0.1, 0.15) is 11.8 Å². The maximum absolute atomic E-state index is 12.5. The number of rotatable bonds is 3. The quantitative estimate of drug-likeness (QED) is 0.858. The van der Waals surface area contributed by atoms with Crippen LogP contribution in [0.5, 0.6) is 5.88 Å². The Kier molecular flexibility index (Phi) is 4.32. The first-order valence-corrected chi connectivity index (χ1v) is 7.20. The van der Waals surface area contributed by atoms with E-state index in [1.807, 2.05) is 0 Å². The van der Waals surface area contributed by atoms with Crippen LogP contribution in [0.3, 0.4) is 0 Å². The van der Waals surface area contributed by atoms with Gasteiger partial charge < -0.3 is 9.64 Å². The fourth-order valence-corrected chi connectivity index (χ4v) is 2.40. The van der Waals surface area contributed by atoms with E-state index in [9.17, 15) is 18.0 Å². The van der Waals surface area contributed by atoms with Gasteiger partial charge in [-0.3, -0.25) is 9.78 Å². The van der Waals surface area contributed by atoms with E-state index < -0.39 is 11.9 Å². The van der Waals surface area contributed by atoms with Crippen molar-refractivity contribution in [3.8, 4) is 5.88 Å². The van der Waals surface area contributed by atoms with Crippen molar-refractivity contribution >= 4 is 5.91 Å². The van der Waals surface area contributed by atoms with Gasteiger partial charge in [-0.15, -0.1) is 5.10 Å². The maximum atomic E-state index is 12.5. The Hall–Kier alpha value is -2.71. The Balaban J connectivity index is 1.62. The Bertz CT molecular complexity index is 707. The standard InChI is InChI=1S/C15H13F3N4O2/c16-15(17,18)12-4-3-10(8-19-12)14(23)22-7-5-11(9-22)24-13-2-1-6-20-21-13/h1-4,6,8,11H,5,7,9H2.